The van der Waals surface area contributed by atoms with Crippen LogP contribution in [0.1, 0.15) is 13.3 Å². The van der Waals surface area contributed by atoms with E-state index in [1.165, 1.54) is 0 Å². The summed E-state index contributed by atoms with van der Waals surface area (Å²) < 4.78 is 0. The first-order valence-electron chi connectivity index (χ1n) is 3.28. The molecule has 0 atom stereocenters. The molecular weight excluding hydrogens is 124 g/mol. The second-order valence-corrected chi connectivity index (χ2v) is 2.51. The SMILES string of the molecule is CC1=C(N)C=CC=C(N)C1. The van der Waals surface area contributed by atoms with Gasteiger partial charge in [-0.3, -0.25) is 0 Å². The minimum Gasteiger partial charge on any atom is -0.402 e. The van der Waals surface area contributed by atoms with E-state index in [4.69, 9.17) is 11.5 Å². The zero-order chi connectivity index (χ0) is 7.56. The van der Waals surface area contributed by atoms with Crippen LogP contribution in [0.2, 0.25) is 0 Å². The molecular formula is C8H12N2. The van der Waals surface area contributed by atoms with E-state index in [9.17, 15) is 0 Å². The van der Waals surface area contributed by atoms with Gasteiger partial charge in [-0.2, -0.15) is 0 Å². The van der Waals surface area contributed by atoms with Gasteiger partial charge in [-0.1, -0.05) is 6.08 Å². The molecule has 10 heavy (non-hydrogen) atoms. The van der Waals surface area contributed by atoms with Crippen LogP contribution in [0.4, 0.5) is 0 Å². The Labute approximate surface area is 60.9 Å². The van der Waals surface area contributed by atoms with Crippen molar-refractivity contribution < 1.29 is 0 Å². The molecule has 0 amide bonds. The Morgan fingerprint density at radius 3 is 2.80 bits per heavy atom. The fourth-order valence-electron chi connectivity index (χ4n) is 0.885. The summed E-state index contributed by atoms with van der Waals surface area (Å²) in [6, 6.07) is 0. The Morgan fingerprint density at radius 2 is 2.10 bits per heavy atom. The number of rotatable bonds is 0. The van der Waals surface area contributed by atoms with Crippen molar-refractivity contribution in [2.75, 3.05) is 0 Å². The van der Waals surface area contributed by atoms with Crippen LogP contribution in [0.5, 0.6) is 0 Å². The van der Waals surface area contributed by atoms with Crippen LogP contribution in [-0.4, -0.2) is 0 Å². The Kier molecular flexibility index (Phi) is 1.81. The van der Waals surface area contributed by atoms with Crippen LogP contribution in [0, 0.1) is 0 Å². The fraction of sp³-hybridized carbons (Fsp3) is 0.250. The average molecular weight is 136 g/mol. The first-order chi connectivity index (χ1) is 4.70. The normalized spacial score (nSPS) is 18.7. The lowest BCUT2D eigenvalue weighted by atomic mass is 10.1. The number of allylic oxidation sites excluding steroid dienone is 4. The van der Waals surface area contributed by atoms with Gasteiger partial charge in [-0.25, -0.2) is 0 Å². The second kappa shape index (κ2) is 2.60. The minimum atomic E-state index is 0.791. The molecule has 4 N–H and O–H groups in total. The minimum absolute atomic E-state index is 0.791. The summed E-state index contributed by atoms with van der Waals surface area (Å²) >= 11 is 0. The van der Waals surface area contributed by atoms with Crippen molar-refractivity contribution in [1.82, 2.24) is 0 Å². The van der Waals surface area contributed by atoms with E-state index in [-0.39, 0.29) is 0 Å². The van der Waals surface area contributed by atoms with Gasteiger partial charge in [0.15, 0.2) is 0 Å². The standard InChI is InChI=1S/C8H12N2/c1-6-5-7(9)3-2-4-8(6)10/h2-4H,5,9-10H2,1H3. The molecule has 0 radical (unpaired) electrons. The summed E-state index contributed by atoms with van der Waals surface area (Å²) in [5.41, 5.74) is 14.1. The number of nitrogens with two attached hydrogens (primary N) is 2. The van der Waals surface area contributed by atoms with Crippen molar-refractivity contribution in [3.8, 4) is 0 Å². The molecule has 0 unspecified atom stereocenters. The van der Waals surface area contributed by atoms with Crippen molar-refractivity contribution in [3.63, 3.8) is 0 Å². The molecule has 0 bridgehead atoms. The third kappa shape index (κ3) is 1.41. The molecule has 1 aliphatic carbocycles. The first-order valence-corrected chi connectivity index (χ1v) is 3.28. The quantitative estimate of drug-likeness (QED) is 0.522. The summed E-state index contributed by atoms with van der Waals surface area (Å²) in [6.07, 6.45) is 6.42. The highest BCUT2D eigenvalue weighted by atomic mass is 14.6. The predicted molar refractivity (Wildman–Crippen MR) is 42.9 cm³/mol. The van der Waals surface area contributed by atoms with Gasteiger partial charge in [0.25, 0.3) is 0 Å². The van der Waals surface area contributed by atoms with Gasteiger partial charge < -0.3 is 11.5 Å². The van der Waals surface area contributed by atoms with Crippen molar-refractivity contribution in [1.29, 1.82) is 0 Å². The summed E-state index contributed by atoms with van der Waals surface area (Å²) in [4.78, 5) is 0. The van der Waals surface area contributed by atoms with Crippen LogP contribution in [-0.2, 0) is 0 Å². The van der Waals surface area contributed by atoms with Crippen molar-refractivity contribution in [2.45, 2.75) is 13.3 Å². The summed E-state index contributed by atoms with van der Waals surface area (Å²) in [6.45, 7) is 1.99. The third-order valence-corrected chi connectivity index (χ3v) is 1.55. The molecule has 54 valence electrons. The highest BCUT2D eigenvalue weighted by Gasteiger charge is 1.98. The molecule has 0 heterocycles. The van der Waals surface area contributed by atoms with Crippen LogP contribution in [0.3, 0.4) is 0 Å². The van der Waals surface area contributed by atoms with Crippen LogP contribution >= 0.6 is 0 Å². The Bertz CT molecular complexity index is 221. The Morgan fingerprint density at radius 1 is 1.40 bits per heavy atom. The molecule has 0 aromatic carbocycles. The zero-order valence-electron chi connectivity index (χ0n) is 6.09. The molecule has 0 saturated heterocycles. The highest BCUT2D eigenvalue weighted by Crippen LogP contribution is 2.12. The third-order valence-electron chi connectivity index (χ3n) is 1.55. The molecule has 1 rings (SSSR count). The average Bonchev–Trinajstić information content (AvgIpc) is 1.96. The van der Waals surface area contributed by atoms with Gasteiger partial charge >= 0.3 is 0 Å². The summed E-state index contributed by atoms with van der Waals surface area (Å²) in [5, 5.41) is 0. The van der Waals surface area contributed by atoms with Gasteiger partial charge in [0.1, 0.15) is 0 Å². The van der Waals surface area contributed by atoms with Gasteiger partial charge in [-0.15, -0.1) is 0 Å². The predicted octanol–water partition coefficient (Wildman–Crippen LogP) is 1.02. The Hall–Kier alpha value is -1.18. The fourth-order valence-corrected chi connectivity index (χ4v) is 0.885. The zero-order valence-corrected chi connectivity index (χ0v) is 6.09. The van der Waals surface area contributed by atoms with Gasteiger partial charge in [0.05, 0.1) is 0 Å². The molecule has 0 spiro atoms. The lowest BCUT2D eigenvalue weighted by Crippen LogP contribution is -2.00. The topological polar surface area (TPSA) is 52.0 Å². The maximum atomic E-state index is 5.64. The van der Waals surface area contributed by atoms with E-state index < -0.39 is 0 Å². The summed E-state index contributed by atoms with van der Waals surface area (Å²) in [5.74, 6) is 0. The molecule has 0 fully saturated rings. The lowest BCUT2D eigenvalue weighted by Gasteiger charge is -2.00. The maximum Gasteiger partial charge on any atom is 0.0307 e. The number of hydrogen-bond donors (Lipinski definition) is 2. The van der Waals surface area contributed by atoms with Crippen molar-refractivity contribution >= 4 is 0 Å². The van der Waals surface area contributed by atoms with Crippen molar-refractivity contribution in [3.05, 3.63) is 35.2 Å². The van der Waals surface area contributed by atoms with E-state index in [1.54, 1.807) is 0 Å². The maximum absolute atomic E-state index is 5.64. The number of hydrogen-bond acceptors (Lipinski definition) is 2. The van der Waals surface area contributed by atoms with Crippen molar-refractivity contribution in [2.24, 2.45) is 11.5 Å². The molecule has 2 heteroatoms. The molecule has 0 aromatic heterocycles. The lowest BCUT2D eigenvalue weighted by molar-refractivity contribution is 1.06. The molecule has 0 aromatic rings. The monoisotopic (exact) mass is 136 g/mol. The largest absolute Gasteiger partial charge is 0.402 e. The van der Waals surface area contributed by atoms with Gasteiger partial charge in [0.2, 0.25) is 0 Å². The summed E-state index contributed by atoms with van der Waals surface area (Å²) in [7, 11) is 0. The van der Waals surface area contributed by atoms with Gasteiger partial charge in [0, 0.05) is 17.8 Å². The highest BCUT2D eigenvalue weighted by molar-refractivity contribution is 5.31. The molecule has 0 saturated carbocycles. The molecule has 1 aliphatic rings. The molecule has 0 aliphatic heterocycles. The van der Waals surface area contributed by atoms with E-state index >= 15 is 0 Å². The van der Waals surface area contributed by atoms with E-state index in [0.717, 1.165) is 23.4 Å². The van der Waals surface area contributed by atoms with E-state index in [0.29, 0.717) is 0 Å². The molecule has 2 nitrogen and oxygen atoms in total. The van der Waals surface area contributed by atoms with E-state index in [1.807, 2.05) is 25.2 Å². The van der Waals surface area contributed by atoms with E-state index in [2.05, 4.69) is 0 Å². The second-order valence-electron chi connectivity index (χ2n) is 2.51. The van der Waals surface area contributed by atoms with Crippen LogP contribution in [0.25, 0.3) is 0 Å². The van der Waals surface area contributed by atoms with Crippen LogP contribution < -0.4 is 11.5 Å². The van der Waals surface area contributed by atoms with Gasteiger partial charge in [-0.05, 0) is 24.6 Å². The smallest absolute Gasteiger partial charge is 0.0307 e. The Balaban J connectivity index is 2.90. The first kappa shape index (κ1) is 6.93. The van der Waals surface area contributed by atoms with Crippen LogP contribution in [0.15, 0.2) is 35.2 Å².